The third-order valence-electron chi connectivity index (χ3n) is 4.36. The Balaban J connectivity index is 1.93. The lowest BCUT2D eigenvalue weighted by atomic mass is 10.1. The van der Waals surface area contributed by atoms with E-state index in [2.05, 4.69) is 35.2 Å². The largest absolute Gasteiger partial charge is 0.478 e. The number of anilines is 1. The van der Waals surface area contributed by atoms with Crippen LogP contribution in [-0.2, 0) is 0 Å². The quantitative estimate of drug-likeness (QED) is 0.875. The summed E-state index contributed by atoms with van der Waals surface area (Å²) in [6.45, 7) is 10.6. The Morgan fingerprint density at radius 2 is 2.22 bits per heavy atom. The molecule has 1 aliphatic rings. The van der Waals surface area contributed by atoms with Gasteiger partial charge in [0.25, 0.3) is 6.01 Å². The number of hydrogen-bond acceptors (Lipinski definition) is 5. The maximum Gasteiger partial charge on any atom is 0.338 e. The second kappa shape index (κ2) is 6.04. The van der Waals surface area contributed by atoms with Gasteiger partial charge in [0, 0.05) is 31.7 Å². The first-order valence-electron chi connectivity index (χ1n) is 7.75. The van der Waals surface area contributed by atoms with Gasteiger partial charge < -0.3 is 14.4 Å². The van der Waals surface area contributed by atoms with E-state index in [1.807, 2.05) is 6.08 Å². The van der Waals surface area contributed by atoms with Crippen LogP contribution in [0.5, 0.6) is 0 Å². The summed E-state index contributed by atoms with van der Waals surface area (Å²) in [5, 5.41) is 9.28. The van der Waals surface area contributed by atoms with Crippen LogP contribution >= 0.6 is 0 Å². The number of carboxylic acid groups (broad SMARTS) is 1. The molecule has 1 aromatic heterocycles. The zero-order valence-electron chi connectivity index (χ0n) is 13.4. The summed E-state index contributed by atoms with van der Waals surface area (Å²) in [5.41, 5.74) is 1.08. The SMILES string of the molecule is C=CCN1CC(C)N(c2nc3c(C(=O)O)cccc3o2)CC1C. The molecule has 2 aromatic rings. The fourth-order valence-corrected chi connectivity index (χ4v) is 3.12. The Morgan fingerprint density at radius 1 is 1.43 bits per heavy atom. The number of nitrogens with zero attached hydrogens (tertiary/aromatic N) is 3. The average Bonchev–Trinajstić information content (AvgIpc) is 2.94. The van der Waals surface area contributed by atoms with E-state index in [1.54, 1.807) is 18.2 Å². The zero-order chi connectivity index (χ0) is 16.6. The topological polar surface area (TPSA) is 69.8 Å². The molecule has 2 unspecified atom stereocenters. The Morgan fingerprint density at radius 3 is 2.91 bits per heavy atom. The Hall–Kier alpha value is -2.34. The Bertz CT molecular complexity index is 740. The van der Waals surface area contributed by atoms with E-state index in [0.717, 1.165) is 19.6 Å². The van der Waals surface area contributed by atoms with Gasteiger partial charge in [0.1, 0.15) is 5.52 Å². The van der Waals surface area contributed by atoms with Crippen LogP contribution < -0.4 is 4.90 Å². The highest BCUT2D eigenvalue weighted by atomic mass is 16.4. The van der Waals surface area contributed by atoms with Crippen LogP contribution in [0.3, 0.4) is 0 Å². The molecule has 0 amide bonds. The van der Waals surface area contributed by atoms with E-state index in [4.69, 9.17) is 4.42 Å². The predicted molar refractivity (Wildman–Crippen MR) is 89.0 cm³/mol. The van der Waals surface area contributed by atoms with Crippen molar-refractivity contribution in [1.82, 2.24) is 9.88 Å². The first kappa shape index (κ1) is 15.6. The summed E-state index contributed by atoms with van der Waals surface area (Å²) in [5.74, 6) is -0.993. The lowest BCUT2D eigenvalue weighted by molar-refractivity contribution is 0.0699. The number of fused-ring (bicyclic) bond motifs is 1. The molecule has 0 aliphatic carbocycles. The zero-order valence-corrected chi connectivity index (χ0v) is 13.4. The van der Waals surface area contributed by atoms with Crippen molar-refractivity contribution < 1.29 is 14.3 Å². The van der Waals surface area contributed by atoms with Crippen molar-refractivity contribution in [2.45, 2.75) is 25.9 Å². The van der Waals surface area contributed by atoms with Gasteiger partial charge in [0.2, 0.25) is 0 Å². The number of aromatic nitrogens is 1. The van der Waals surface area contributed by atoms with Crippen LogP contribution in [0.25, 0.3) is 11.1 Å². The monoisotopic (exact) mass is 315 g/mol. The number of hydrogen-bond donors (Lipinski definition) is 1. The van der Waals surface area contributed by atoms with Crippen molar-refractivity contribution in [1.29, 1.82) is 0 Å². The average molecular weight is 315 g/mol. The molecule has 6 nitrogen and oxygen atoms in total. The van der Waals surface area contributed by atoms with E-state index < -0.39 is 5.97 Å². The predicted octanol–water partition coefficient (Wildman–Crippen LogP) is 2.61. The van der Waals surface area contributed by atoms with Gasteiger partial charge in [0.15, 0.2) is 5.58 Å². The lowest BCUT2D eigenvalue weighted by Crippen LogP contribution is -2.56. The Kier molecular flexibility index (Phi) is 4.09. The van der Waals surface area contributed by atoms with Gasteiger partial charge >= 0.3 is 5.97 Å². The molecular weight excluding hydrogens is 294 g/mol. The summed E-state index contributed by atoms with van der Waals surface area (Å²) in [7, 11) is 0. The molecule has 3 rings (SSSR count). The number of carbonyl (C=O) groups is 1. The normalized spacial score (nSPS) is 22.4. The second-order valence-corrected chi connectivity index (χ2v) is 6.05. The number of aromatic carboxylic acids is 1. The summed E-state index contributed by atoms with van der Waals surface area (Å²) in [6.07, 6.45) is 1.91. The lowest BCUT2D eigenvalue weighted by Gasteiger charge is -2.43. The molecule has 1 saturated heterocycles. The van der Waals surface area contributed by atoms with Crippen LogP contribution in [-0.4, -0.2) is 52.7 Å². The van der Waals surface area contributed by atoms with Gasteiger partial charge in [-0.3, -0.25) is 4.90 Å². The summed E-state index contributed by atoms with van der Waals surface area (Å²) < 4.78 is 5.83. The van der Waals surface area contributed by atoms with Crippen molar-refractivity contribution in [3.63, 3.8) is 0 Å². The van der Waals surface area contributed by atoms with Crippen molar-refractivity contribution in [3.8, 4) is 0 Å². The summed E-state index contributed by atoms with van der Waals surface area (Å²) >= 11 is 0. The summed E-state index contributed by atoms with van der Waals surface area (Å²) in [4.78, 5) is 20.2. The van der Waals surface area contributed by atoms with Crippen molar-refractivity contribution >= 4 is 23.1 Å². The van der Waals surface area contributed by atoms with E-state index in [0.29, 0.717) is 23.2 Å². The number of para-hydroxylation sites is 1. The van der Waals surface area contributed by atoms with E-state index in [-0.39, 0.29) is 11.6 Å². The highest BCUT2D eigenvalue weighted by molar-refractivity contribution is 6.00. The van der Waals surface area contributed by atoms with Crippen LogP contribution in [0.2, 0.25) is 0 Å². The van der Waals surface area contributed by atoms with Crippen molar-refractivity contribution in [2.24, 2.45) is 0 Å². The first-order valence-corrected chi connectivity index (χ1v) is 7.75. The van der Waals surface area contributed by atoms with Gasteiger partial charge in [-0.05, 0) is 26.0 Å². The molecule has 0 bridgehead atoms. The standard InChI is InChI=1S/C17H21N3O3/c1-4-8-19-9-12(3)20(10-11(19)2)17-18-15-13(16(21)22)6-5-7-14(15)23-17/h4-7,11-12H,1,8-10H2,2-3H3,(H,21,22). The smallest absolute Gasteiger partial charge is 0.338 e. The molecule has 0 saturated carbocycles. The van der Waals surface area contributed by atoms with Crippen molar-refractivity contribution in [3.05, 3.63) is 36.4 Å². The molecule has 122 valence electrons. The van der Waals surface area contributed by atoms with Crippen molar-refractivity contribution in [2.75, 3.05) is 24.5 Å². The number of rotatable bonds is 4. The number of benzene rings is 1. The van der Waals surface area contributed by atoms with Gasteiger partial charge in [-0.2, -0.15) is 4.98 Å². The molecule has 1 N–H and O–H groups in total. The maximum absolute atomic E-state index is 11.3. The molecule has 1 fully saturated rings. The molecule has 2 atom stereocenters. The minimum absolute atomic E-state index is 0.170. The van der Waals surface area contributed by atoms with E-state index in [1.165, 1.54) is 0 Å². The molecule has 1 aliphatic heterocycles. The summed E-state index contributed by atoms with van der Waals surface area (Å²) in [6, 6.07) is 6.04. The second-order valence-electron chi connectivity index (χ2n) is 6.05. The van der Waals surface area contributed by atoms with Crippen LogP contribution in [0.15, 0.2) is 35.3 Å². The molecular formula is C17H21N3O3. The number of carboxylic acids is 1. The fraction of sp³-hybridized carbons (Fsp3) is 0.412. The number of oxazole rings is 1. The molecule has 0 radical (unpaired) electrons. The van der Waals surface area contributed by atoms with Gasteiger partial charge in [-0.15, -0.1) is 6.58 Å². The van der Waals surface area contributed by atoms with Gasteiger partial charge in [-0.1, -0.05) is 12.1 Å². The van der Waals surface area contributed by atoms with Crippen LogP contribution in [0.1, 0.15) is 24.2 Å². The molecule has 23 heavy (non-hydrogen) atoms. The van der Waals surface area contributed by atoms with Gasteiger partial charge in [-0.25, -0.2) is 4.79 Å². The first-order chi connectivity index (χ1) is 11.0. The third kappa shape index (κ3) is 2.82. The van der Waals surface area contributed by atoms with Crippen LogP contribution in [0.4, 0.5) is 6.01 Å². The van der Waals surface area contributed by atoms with E-state index in [9.17, 15) is 9.90 Å². The fourth-order valence-electron chi connectivity index (χ4n) is 3.12. The highest BCUT2D eigenvalue weighted by Gasteiger charge is 2.31. The third-order valence-corrected chi connectivity index (χ3v) is 4.36. The van der Waals surface area contributed by atoms with E-state index >= 15 is 0 Å². The molecule has 1 aromatic carbocycles. The minimum Gasteiger partial charge on any atom is -0.478 e. The molecule has 6 heteroatoms. The number of piperazine rings is 1. The highest BCUT2D eigenvalue weighted by Crippen LogP contribution is 2.28. The molecule has 2 heterocycles. The Labute approximate surface area is 135 Å². The maximum atomic E-state index is 11.3. The van der Waals surface area contributed by atoms with Gasteiger partial charge in [0.05, 0.1) is 5.56 Å². The minimum atomic E-state index is -0.993. The van der Waals surface area contributed by atoms with Crippen LogP contribution in [0, 0.1) is 0 Å². The molecule has 0 spiro atoms.